The molecule has 0 aliphatic rings. The second kappa shape index (κ2) is 15.8. The second-order valence-corrected chi connectivity index (χ2v) is 0.519. The van der Waals surface area contributed by atoms with Crippen LogP contribution in [-0.2, 0) is 4.79 Å². The van der Waals surface area contributed by atoms with Crippen molar-refractivity contribution in [3.8, 4) is 0 Å². The van der Waals surface area contributed by atoms with E-state index >= 15 is 0 Å². The minimum absolute atomic E-state index is 0. The number of hydrogen-bond donors (Lipinski definition) is 1. The Morgan fingerprint density at radius 3 is 1.43 bits per heavy atom. The van der Waals surface area contributed by atoms with Crippen LogP contribution in [0.4, 0.5) is 0 Å². The van der Waals surface area contributed by atoms with Crippen LogP contribution in [-0.4, -0.2) is 99.7 Å². The quantitative estimate of drug-likeness (QED) is 0.398. The molecule has 0 saturated carbocycles. The molecule has 0 aromatic carbocycles. The van der Waals surface area contributed by atoms with Gasteiger partial charge in [-0.15, -0.1) is 0 Å². The summed E-state index contributed by atoms with van der Waals surface area (Å²) in [6.45, 7) is 1.08. The van der Waals surface area contributed by atoms with Crippen LogP contribution < -0.4 is 0 Å². The van der Waals surface area contributed by atoms with Crippen LogP contribution in [0, 0.1) is 0 Å². The Hall–Kier alpha value is 2.47. The summed E-state index contributed by atoms with van der Waals surface area (Å²) in [6, 6.07) is 0. The molecule has 5 heteroatoms. The predicted octanol–water partition coefficient (Wildman–Crippen LogP) is -1.74. The average molecular weight is 133 g/mol. The minimum atomic E-state index is -0.833. The van der Waals surface area contributed by atoms with Crippen molar-refractivity contribution in [2.45, 2.75) is 6.92 Å². The zero-order valence-electron chi connectivity index (χ0n) is 3.36. The Morgan fingerprint density at radius 2 is 1.43 bits per heavy atom. The van der Waals surface area contributed by atoms with Crippen molar-refractivity contribution in [2.24, 2.45) is 0 Å². The summed E-state index contributed by atoms with van der Waals surface area (Å²) in [7, 11) is 0. The topological polar surface area (TPSA) is 37.3 Å². The molecule has 30 valence electrons. The summed E-state index contributed by atoms with van der Waals surface area (Å²) in [4.78, 5) is 9.00. The van der Waals surface area contributed by atoms with E-state index in [1.54, 1.807) is 0 Å². The Morgan fingerprint density at radius 1 is 1.43 bits per heavy atom. The third-order valence-corrected chi connectivity index (χ3v) is 0. The third kappa shape index (κ3) is 58.1. The van der Waals surface area contributed by atoms with Crippen molar-refractivity contribution in [2.75, 3.05) is 0 Å². The summed E-state index contributed by atoms with van der Waals surface area (Å²) in [5.41, 5.74) is 0. The molecule has 0 fully saturated rings. The van der Waals surface area contributed by atoms with E-state index in [2.05, 4.69) is 0 Å². The average Bonchev–Trinajstić information content (AvgIpc) is 0.811. The summed E-state index contributed by atoms with van der Waals surface area (Å²) in [5, 5.41) is 7.42. The molecule has 0 rings (SSSR count). The fourth-order valence-corrected chi connectivity index (χ4v) is 0. The third-order valence-electron chi connectivity index (χ3n) is 0. The molecule has 0 bridgehead atoms. The van der Waals surface area contributed by atoms with Gasteiger partial charge in [-0.3, -0.25) is 4.79 Å². The first-order valence-electron chi connectivity index (χ1n) is 0.928. The number of carbonyl (C=O) groups is 1. The van der Waals surface area contributed by atoms with Crippen LogP contribution in [0.1, 0.15) is 8.35 Å². The zero-order chi connectivity index (χ0) is 3.58. The van der Waals surface area contributed by atoms with Gasteiger partial charge in [0.2, 0.25) is 0 Å². The van der Waals surface area contributed by atoms with E-state index in [1.807, 2.05) is 0 Å². The van der Waals surface area contributed by atoms with Crippen LogP contribution in [0.15, 0.2) is 0 Å². The van der Waals surface area contributed by atoms with Gasteiger partial charge in [-0.1, -0.05) is 0 Å². The van der Waals surface area contributed by atoms with Crippen LogP contribution in [0.5, 0.6) is 0 Å². The van der Waals surface area contributed by atoms with Gasteiger partial charge in [0, 0.05) is 6.92 Å². The number of aliphatic carboxylic acids is 1. The van der Waals surface area contributed by atoms with Gasteiger partial charge in [0.05, 0.1) is 0 Å². The predicted molar refractivity (Wildman–Crippen MR) is 35.9 cm³/mol. The number of carboxylic acid groups (broad SMARTS) is 1. The van der Waals surface area contributed by atoms with E-state index in [0.717, 1.165) is 6.92 Å². The van der Waals surface area contributed by atoms with Crippen LogP contribution >= 0.6 is 0 Å². The molecule has 0 aromatic rings. The molecule has 7 heavy (non-hydrogen) atoms. The van der Waals surface area contributed by atoms with Gasteiger partial charge in [0.1, 0.15) is 0 Å². The molecule has 2 nitrogen and oxygen atoms in total. The Kier molecular flexibility index (Phi) is 51.2. The fraction of sp³-hybridized carbons (Fsp3) is 0.500. The van der Waals surface area contributed by atoms with Gasteiger partial charge < -0.3 is 5.11 Å². The van der Waals surface area contributed by atoms with Gasteiger partial charge >= 0.3 is 90.1 Å². The molecule has 0 heterocycles. The number of rotatable bonds is 0. The second-order valence-electron chi connectivity index (χ2n) is 0.519. The normalized spacial score (nSPS) is 3.57. The monoisotopic (exact) mass is 133 g/mol. The van der Waals surface area contributed by atoms with Crippen LogP contribution in [0.3, 0.4) is 0 Å². The molecule has 0 aliphatic heterocycles. The maximum absolute atomic E-state index is 9.00. The molecule has 1 N–H and O–H groups in total. The van der Waals surface area contributed by atoms with E-state index in [-0.39, 0.29) is 90.1 Å². The first-order chi connectivity index (χ1) is 1.73. The van der Waals surface area contributed by atoms with Crippen LogP contribution in [0.25, 0.3) is 0 Å². The molecule has 0 radical (unpaired) electrons. The van der Waals surface area contributed by atoms with E-state index < -0.39 is 5.97 Å². The van der Waals surface area contributed by atoms with Crippen molar-refractivity contribution in [3.63, 3.8) is 0 Å². The standard InChI is InChI=1S/C2H4O2.3Na.3H/c1-2(3)4;;;;;;/h1H3,(H,3,4);;;;;;/p+1. The zero-order valence-corrected chi connectivity index (χ0v) is 2.36. The van der Waals surface area contributed by atoms with Gasteiger partial charge in [0.25, 0.3) is 5.97 Å². The van der Waals surface area contributed by atoms with Crippen molar-refractivity contribution >= 4 is 94.6 Å². The molecule has 0 saturated heterocycles. The summed E-state index contributed by atoms with van der Waals surface area (Å²) >= 11 is 0. The molecule has 0 aliphatic carbocycles. The van der Waals surface area contributed by atoms with Gasteiger partial charge in [0.15, 0.2) is 0 Å². The number of carboxylic acids is 1. The van der Waals surface area contributed by atoms with Crippen LogP contribution in [0.2, 0.25) is 0 Å². The first-order valence-corrected chi connectivity index (χ1v) is 0.928. The molecule has 0 amide bonds. The van der Waals surface area contributed by atoms with E-state index in [9.17, 15) is 0 Å². The fourth-order valence-electron chi connectivity index (χ4n) is 0. The Bertz CT molecular complexity index is 38.3. The van der Waals surface area contributed by atoms with E-state index in [1.165, 1.54) is 0 Å². The summed E-state index contributed by atoms with van der Waals surface area (Å²) < 4.78 is 0. The molecule has 0 atom stereocenters. The van der Waals surface area contributed by atoms with Gasteiger partial charge in [-0.05, 0) is 0 Å². The van der Waals surface area contributed by atoms with Crippen molar-refractivity contribution in [1.82, 2.24) is 0 Å². The Balaban J connectivity index is -0.00000000750. The molecule has 0 unspecified atom stereocenters. The summed E-state index contributed by atoms with van der Waals surface area (Å²) in [5.74, 6) is -0.833. The van der Waals surface area contributed by atoms with Gasteiger partial charge in [-0.25, -0.2) is 0 Å². The van der Waals surface area contributed by atoms with E-state index in [0.29, 0.717) is 0 Å². The van der Waals surface area contributed by atoms with E-state index in [4.69, 9.17) is 9.90 Å². The Labute approximate surface area is 111 Å². The SMILES string of the molecule is CC(=O)O.[H+].[NaH].[NaH].[NaH]. The van der Waals surface area contributed by atoms with Crippen molar-refractivity contribution in [3.05, 3.63) is 0 Å². The summed E-state index contributed by atoms with van der Waals surface area (Å²) in [6.07, 6.45) is 0. The molecular weight excluding hydrogens is 125 g/mol. The van der Waals surface area contributed by atoms with Gasteiger partial charge in [-0.2, -0.15) is 0 Å². The van der Waals surface area contributed by atoms with Crippen molar-refractivity contribution < 1.29 is 11.3 Å². The molecule has 0 aromatic heterocycles. The maximum atomic E-state index is 9.00. The molecular formula is C2H8Na3O2+. The molecule has 0 spiro atoms. The number of hydrogen-bond acceptors (Lipinski definition) is 1. The van der Waals surface area contributed by atoms with Crippen molar-refractivity contribution in [1.29, 1.82) is 0 Å². The first kappa shape index (κ1) is 22.7.